The van der Waals surface area contributed by atoms with Crippen LogP contribution in [-0.2, 0) is 14.9 Å². The minimum atomic E-state index is -6.40. The molecule has 1 rings (SSSR count). The molecule has 25 heavy (non-hydrogen) atoms. The minimum absolute atomic E-state index is 0.234. The van der Waals surface area contributed by atoms with Gasteiger partial charge in [-0.25, -0.2) is 4.79 Å². The molecule has 0 aromatic heterocycles. The third-order valence-electron chi connectivity index (χ3n) is 2.80. The van der Waals surface area contributed by atoms with Gasteiger partial charge in [0.1, 0.15) is 13.6 Å². The van der Waals surface area contributed by atoms with Crippen molar-refractivity contribution in [3.63, 3.8) is 0 Å². The van der Waals surface area contributed by atoms with Crippen molar-refractivity contribution in [2.75, 3.05) is 5.75 Å². The van der Waals surface area contributed by atoms with Crippen LogP contribution in [0.4, 0.5) is 26.3 Å². The van der Waals surface area contributed by atoms with E-state index in [0.29, 0.717) is 0 Å². The molecule has 1 aromatic carbocycles. The molecule has 0 aliphatic carbocycles. The summed E-state index contributed by atoms with van der Waals surface area (Å²) in [6.45, 7) is 0. The lowest BCUT2D eigenvalue weighted by atomic mass is 9.90. The topological polar surface area (TPSA) is 80.7 Å². The molecule has 0 fully saturated rings. The van der Waals surface area contributed by atoms with Crippen LogP contribution in [0.25, 0.3) is 0 Å². The van der Waals surface area contributed by atoms with Crippen LogP contribution in [0.1, 0.15) is 10.4 Å². The fourth-order valence-electron chi connectivity index (χ4n) is 1.64. The van der Waals surface area contributed by atoms with Crippen molar-refractivity contribution in [2.45, 2.75) is 18.0 Å². The molecule has 5 nitrogen and oxygen atoms in total. The largest absolute Gasteiger partial charge is 0.438 e. The summed E-state index contributed by atoms with van der Waals surface area (Å²) in [5.74, 6) is -5.11. The lowest BCUT2D eigenvalue weighted by Crippen LogP contribution is -2.63. The molecule has 0 aliphatic rings. The van der Waals surface area contributed by atoms with Crippen LogP contribution in [-0.4, -0.2) is 50.5 Å². The molecule has 0 atom stereocenters. The number of carbonyl (C=O) groups is 1. The highest BCUT2D eigenvalue weighted by molar-refractivity contribution is 14.1. The van der Waals surface area contributed by atoms with Gasteiger partial charge in [-0.05, 0) is 34.7 Å². The van der Waals surface area contributed by atoms with Crippen molar-refractivity contribution in [2.24, 2.45) is 0 Å². The molecule has 1 N–H and O–H groups in total. The Hall–Kier alpha value is -1.03. The molecule has 2 radical (unpaired) electrons. The van der Waals surface area contributed by atoms with E-state index in [9.17, 15) is 39.6 Å². The zero-order valence-electron chi connectivity index (χ0n) is 11.7. The Kier molecular flexibility index (Phi) is 6.11. The predicted molar refractivity (Wildman–Crippen MR) is 81.2 cm³/mol. The van der Waals surface area contributed by atoms with E-state index < -0.39 is 50.8 Å². The first-order valence-electron chi connectivity index (χ1n) is 5.87. The van der Waals surface area contributed by atoms with Gasteiger partial charge in [0.25, 0.3) is 10.1 Å². The zero-order valence-corrected chi connectivity index (χ0v) is 14.6. The smallest absolute Gasteiger partial charge is 0.435 e. The molecule has 0 saturated carbocycles. The average Bonchev–Trinajstić information content (AvgIpc) is 2.36. The van der Waals surface area contributed by atoms with Crippen LogP contribution < -0.4 is 5.46 Å². The van der Waals surface area contributed by atoms with Crippen molar-refractivity contribution in [3.05, 3.63) is 27.3 Å². The molecule has 0 heterocycles. The van der Waals surface area contributed by atoms with Gasteiger partial charge in [0.15, 0.2) is 0 Å². The van der Waals surface area contributed by atoms with Gasteiger partial charge in [0, 0.05) is 3.57 Å². The number of benzene rings is 1. The van der Waals surface area contributed by atoms with Gasteiger partial charge >= 0.3 is 23.9 Å². The number of rotatable bonds is 4. The maximum atomic E-state index is 13.1. The van der Waals surface area contributed by atoms with Gasteiger partial charge in [-0.15, -0.1) is 0 Å². The van der Waals surface area contributed by atoms with E-state index in [2.05, 4.69) is 4.74 Å². The number of ether oxygens (including phenoxy) is 1. The number of esters is 1. The third kappa shape index (κ3) is 5.00. The Morgan fingerprint density at radius 3 is 2.04 bits per heavy atom. The molecule has 1 aromatic rings. The molecular weight excluding hydrogens is 496 g/mol. The van der Waals surface area contributed by atoms with Crippen molar-refractivity contribution in [1.82, 2.24) is 0 Å². The van der Waals surface area contributed by atoms with Gasteiger partial charge in [0.2, 0.25) is 0 Å². The highest BCUT2D eigenvalue weighted by Gasteiger charge is 2.76. The first-order valence-corrected chi connectivity index (χ1v) is 8.56. The highest BCUT2D eigenvalue weighted by atomic mass is 127. The predicted octanol–water partition coefficient (Wildman–Crippen LogP) is 1.99. The fourth-order valence-corrected chi connectivity index (χ4v) is 3.04. The lowest BCUT2D eigenvalue weighted by Gasteiger charge is -2.35. The second-order valence-corrected chi connectivity index (χ2v) is 7.37. The van der Waals surface area contributed by atoms with Crippen molar-refractivity contribution >= 4 is 52.0 Å². The molecule has 0 unspecified atom stereocenters. The Morgan fingerprint density at radius 2 is 1.64 bits per heavy atom. The first-order chi connectivity index (χ1) is 11.0. The standard InChI is InChI=1S/C11H6BF6IO5S/c12-7-2-1-5(19)3-6(7)8(20)24-9(10(13,14)15,11(16,17)18)4-25(21,22)23/h1-3H,4H2,(H,21,22,23). The van der Waals surface area contributed by atoms with Crippen molar-refractivity contribution in [1.29, 1.82) is 0 Å². The summed E-state index contributed by atoms with van der Waals surface area (Å²) in [6.07, 6.45) is -12.8. The Balaban J connectivity index is 3.53. The molecule has 14 heteroatoms. The maximum Gasteiger partial charge on any atom is 0.438 e. The van der Waals surface area contributed by atoms with E-state index in [1.165, 1.54) is 6.07 Å². The summed E-state index contributed by atoms with van der Waals surface area (Å²) in [7, 11) is -0.524. The second-order valence-electron chi connectivity index (χ2n) is 4.67. The van der Waals surface area contributed by atoms with Crippen LogP contribution in [0.5, 0.6) is 0 Å². The normalized spacial score (nSPS) is 13.6. The number of hydrogen-bond donors (Lipinski definition) is 1. The van der Waals surface area contributed by atoms with E-state index in [1.807, 2.05) is 0 Å². The number of carbonyl (C=O) groups excluding carboxylic acids is 1. The molecule has 0 bridgehead atoms. The van der Waals surface area contributed by atoms with Gasteiger partial charge in [0.05, 0.1) is 5.56 Å². The van der Waals surface area contributed by atoms with Crippen molar-refractivity contribution < 1.29 is 48.8 Å². The van der Waals surface area contributed by atoms with Crippen LogP contribution in [0, 0.1) is 3.57 Å². The van der Waals surface area contributed by atoms with Crippen LogP contribution >= 0.6 is 22.6 Å². The monoisotopic (exact) mass is 502 g/mol. The van der Waals surface area contributed by atoms with Gasteiger partial charge in [-0.1, -0.05) is 11.5 Å². The summed E-state index contributed by atoms with van der Waals surface area (Å²) in [5, 5.41) is 0. The molecule has 138 valence electrons. The Morgan fingerprint density at radius 1 is 1.16 bits per heavy atom. The Labute approximate surface area is 152 Å². The summed E-state index contributed by atoms with van der Waals surface area (Å²) in [5.41, 5.74) is -6.80. The lowest BCUT2D eigenvalue weighted by molar-refractivity contribution is -0.356. The van der Waals surface area contributed by atoms with E-state index in [1.54, 1.807) is 22.6 Å². The summed E-state index contributed by atoms with van der Waals surface area (Å²) >= 11 is 1.60. The summed E-state index contributed by atoms with van der Waals surface area (Å²) in [6, 6.07) is 3.19. The average molecular weight is 502 g/mol. The number of alkyl halides is 6. The van der Waals surface area contributed by atoms with Crippen LogP contribution in [0.2, 0.25) is 0 Å². The first kappa shape index (κ1) is 22.0. The van der Waals surface area contributed by atoms with Gasteiger partial charge < -0.3 is 4.74 Å². The number of hydrogen-bond acceptors (Lipinski definition) is 4. The summed E-state index contributed by atoms with van der Waals surface area (Å²) in [4.78, 5) is 11.8. The van der Waals surface area contributed by atoms with Gasteiger partial charge in [-0.2, -0.15) is 34.8 Å². The molecular formula is C11H6BF6IO5S. The molecule has 0 amide bonds. The molecule has 0 aliphatic heterocycles. The summed E-state index contributed by atoms with van der Waals surface area (Å²) < 4.78 is 112. The van der Waals surface area contributed by atoms with Crippen LogP contribution in [0.3, 0.4) is 0 Å². The minimum Gasteiger partial charge on any atom is -0.435 e. The maximum absolute atomic E-state index is 13.1. The SMILES string of the molecule is [B]c1ccc(I)cc1C(=O)OC(CS(=O)(=O)O)(C(F)(F)F)C(F)(F)F. The number of halogens is 7. The van der Waals surface area contributed by atoms with E-state index in [4.69, 9.17) is 12.4 Å². The zero-order chi connectivity index (χ0) is 19.8. The van der Waals surface area contributed by atoms with E-state index in [-0.39, 0.29) is 3.57 Å². The fraction of sp³-hybridized carbons (Fsp3) is 0.364. The third-order valence-corrected chi connectivity index (χ3v) is 4.25. The highest BCUT2D eigenvalue weighted by Crippen LogP contribution is 2.47. The molecule has 0 spiro atoms. The molecule has 0 saturated heterocycles. The van der Waals surface area contributed by atoms with E-state index >= 15 is 0 Å². The van der Waals surface area contributed by atoms with Crippen LogP contribution in [0.15, 0.2) is 18.2 Å². The van der Waals surface area contributed by atoms with E-state index in [0.717, 1.165) is 12.1 Å². The second kappa shape index (κ2) is 6.94. The van der Waals surface area contributed by atoms with Gasteiger partial charge in [-0.3, -0.25) is 4.55 Å². The quantitative estimate of drug-likeness (QED) is 0.224. The van der Waals surface area contributed by atoms with Crippen molar-refractivity contribution in [3.8, 4) is 0 Å². The Bertz CT molecular complexity index is 762.